The van der Waals surface area contributed by atoms with Crippen LogP contribution in [0.4, 0.5) is 4.39 Å². The number of halogens is 2. The molecule has 1 aliphatic heterocycles. The largest absolute Gasteiger partial charge is 0.333 e. The fraction of sp³-hybridized carbons (Fsp3) is 0.588. The first-order valence-electron chi connectivity index (χ1n) is 7.82. The molecule has 1 amide bonds. The fourth-order valence-electron chi connectivity index (χ4n) is 3.36. The van der Waals surface area contributed by atoms with Gasteiger partial charge in [0.1, 0.15) is 5.82 Å². The molecule has 3 unspecified atom stereocenters. The maximum Gasteiger partial charge on any atom is 0.226 e. The second kappa shape index (κ2) is 6.55. The Labute approximate surface area is 137 Å². The van der Waals surface area contributed by atoms with E-state index in [1.165, 1.54) is 6.07 Å². The molecular weight excluding hydrogens is 303 g/mol. The third-order valence-corrected chi connectivity index (χ3v) is 5.22. The maximum absolute atomic E-state index is 13.5. The van der Waals surface area contributed by atoms with E-state index in [0.717, 1.165) is 24.9 Å². The van der Waals surface area contributed by atoms with E-state index in [4.69, 9.17) is 0 Å². The van der Waals surface area contributed by atoms with Crippen molar-refractivity contribution in [2.75, 3.05) is 19.6 Å². The number of piperazine rings is 1. The standard InChI is InChI=1S/C17H23FN2O.ClH/c1-3-17(2)10-14(17)16(21)20-8-7-19-11-15(20)12-5-4-6-13(18)9-12;/h4-6,9,14-15,19H,3,7-8,10-11H2,1-2H3;1H. The van der Waals surface area contributed by atoms with Gasteiger partial charge < -0.3 is 10.2 Å². The van der Waals surface area contributed by atoms with Crippen LogP contribution in [0.2, 0.25) is 0 Å². The third-order valence-electron chi connectivity index (χ3n) is 5.22. The van der Waals surface area contributed by atoms with Crippen molar-refractivity contribution in [2.45, 2.75) is 32.7 Å². The van der Waals surface area contributed by atoms with E-state index < -0.39 is 0 Å². The van der Waals surface area contributed by atoms with E-state index in [0.29, 0.717) is 13.1 Å². The van der Waals surface area contributed by atoms with Crippen LogP contribution in [0, 0.1) is 17.2 Å². The molecule has 122 valence electrons. The second-order valence-electron chi connectivity index (χ2n) is 6.57. The fourth-order valence-corrected chi connectivity index (χ4v) is 3.36. The van der Waals surface area contributed by atoms with Crippen molar-refractivity contribution in [3.05, 3.63) is 35.6 Å². The summed E-state index contributed by atoms with van der Waals surface area (Å²) in [5, 5.41) is 3.32. The zero-order chi connectivity index (χ0) is 15.0. The Morgan fingerprint density at radius 1 is 1.50 bits per heavy atom. The Balaban J connectivity index is 0.00000176. The summed E-state index contributed by atoms with van der Waals surface area (Å²) in [5.74, 6) is 0.155. The third kappa shape index (κ3) is 3.13. The highest BCUT2D eigenvalue weighted by Crippen LogP contribution is 2.56. The normalized spacial score (nSPS) is 30.6. The first-order valence-corrected chi connectivity index (χ1v) is 7.82. The van der Waals surface area contributed by atoms with Gasteiger partial charge in [-0.25, -0.2) is 4.39 Å². The number of carbonyl (C=O) groups is 1. The molecule has 1 heterocycles. The summed E-state index contributed by atoms with van der Waals surface area (Å²) in [6, 6.07) is 6.57. The quantitative estimate of drug-likeness (QED) is 0.925. The molecule has 5 heteroatoms. The molecular formula is C17H24ClFN2O. The molecule has 1 aromatic carbocycles. The first kappa shape index (κ1) is 17.2. The van der Waals surface area contributed by atoms with Gasteiger partial charge in [-0.2, -0.15) is 0 Å². The SMILES string of the molecule is CCC1(C)CC1C(=O)N1CCNCC1c1cccc(F)c1.Cl. The van der Waals surface area contributed by atoms with Crippen molar-refractivity contribution in [1.29, 1.82) is 0 Å². The van der Waals surface area contributed by atoms with Crippen LogP contribution < -0.4 is 5.32 Å². The zero-order valence-electron chi connectivity index (χ0n) is 13.1. The molecule has 0 aromatic heterocycles. The molecule has 1 aliphatic carbocycles. The van der Waals surface area contributed by atoms with Crippen LogP contribution in [0.15, 0.2) is 24.3 Å². The number of amides is 1. The Morgan fingerprint density at radius 3 is 2.91 bits per heavy atom. The number of benzene rings is 1. The lowest BCUT2D eigenvalue weighted by Gasteiger charge is -2.37. The number of hydrogen-bond donors (Lipinski definition) is 1. The summed E-state index contributed by atoms with van der Waals surface area (Å²) in [6.07, 6.45) is 2.03. The first-order chi connectivity index (χ1) is 10.0. The van der Waals surface area contributed by atoms with Gasteiger partial charge in [0.15, 0.2) is 0 Å². The minimum atomic E-state index is -0.240. The zero-order valence-corrected chi connectivity index (χ0v) is 14.0. The molecule has 0 bridgehead atoms. The molecule has 3 nitrogen and oxygen atoms in total. The number of nitrogens with zero attached hydrogens (tertiary/aromatic N) is 1. The Bertz CT molecular complexity index is 553. The van der Waals surface area contributed by atoms with Crippen LogP contribution in [0.3, 0.4) is 0 Å². The summed E-state index contributed by atoms with van der Waals surface area (Å²) < 4.78 is 13.5. The summed E-state index contributed by atoms with van der Waals surface area (Å²) >= 11 is 0. The Hall–Kier alpha value is -1.13. The molecule has 22 heavy (non-hydrogen) atoms. The number of rotatable bonds is 3. The van der Waals surface area contributed by atoms with Gasteiger partial charge in [0.05, 0.1) is 6.04 Å². The van der Waals surface area contributed by atoms with Crippen LogP contribution in [0.5, 0.6) is 0 Å². The van der Waals surface area contributed by atoms with Gasteiger partial charge in [0.2, 0.25) is 5.91 Å². The molecule has 0 radical (unpaired) electrons. The van der Waals surface area contributed by atoms with Crippen molar-refractivity contribution in [3.63, 3.8) is 0 Å². The molecule has 0 spiro atoms. The molecule has 1 saturated carbocycles. The highest BCUT2D eigenvalue weighted by molar-refractivity contribution is 5.85. The topological polar surface area (TPSA) is 32.3 Å². The van der Waals surface area contributed by atoms with Crippen LogP contribution >= 0.6 is 12.4 Å². The smallest absolute Gasteiger partial charge is 0.226 e. The number of nitrogens with one attached hydrogen (secondary N) is 1. The van der Waals surface area contributed by atoms with E-state index in [1.807, 2.05) is 11.0 Å². The van der Waals surface area contributed by atoms with Crippen molar-refractivity contribution < 1.29 is 9.18 Å². The highest BCUT2D eigenvalue weighted by Gasteiger charge is 2.54. The van der Waals surface area contributed by atoms with Crippen LogP contribution in [-0.2, 0) is 4.79 Å². The average molecular weight is 327 g/mol. The maximum atomic E-state index is 13.5. The summed E-state index contributed by atoms with van der Waals surface area (Å²) in [5.41, 5.74) is 1.06. The lowest BCUT2D eigenvalue weighted by molar-refractivity contribution is -0.136. The lowest BCUT2D eigenvalue weighted by Crippen LogP contribution is -2.49. The van der Waals surface area contributed by atoms with Crippen molar-refractivity contribution in [3.8, 4) is 0 Å². The monoisotopic (exact) mass is 326 g/mol. The van der Waals surface area contributed by atoms with Crippen molar-refractivity contribution in [1.82, 2.24) is 10.2 Å². The molecule has 2 aliphatic rings. The Morgan fingerprint density at radius 2 is 2.27 bits per heavy atom. The van der Waals surface area contributed by atoms with Gasteiger partial charge in [0.25, 0.3) is 0 Å². The van der Waals surface area contributed by atoms with E-state index >= 15 is 0 Å². The van der Waals surface area contributed by atoms with Gasteiger partial charge in [-0.05, 0) is 36.0 Å². The molecule has 1 saturated heterocycles. The summed E-state index contributed by atoms with van der Waals surface area (Å²) in [6.45, 7) is 6.55. The van der Waals surface area contributed by atoms with E-state index in [2.05, 4.69) is 19.2 Å². The van der Waals surface area contributed by atoms with E-state index in [9.17, 15) is 9.18 Å². The predicted molar refractivity (Wildman–Crippen MR) is 87.5 cm³/mol. The second-order valence-corrected chi connectivity index (χ2v) is 6.57. The van der Waals surface area contributed by atoms with Gasteiger partial charge in [0, 0.05) is 25.6 Å². The van der Waals surface area contributed by atoms with Crippen LogP contribution in [0.1, 0.15) is 38.3 Å². The minimum Gasteiger partial charge on any atom is -0.333 e. The molecule has 1 aromatic rings. The number of hydrogen-bond acceptors (Lipinski definition) is 2. The molecule has 2 fully saturated rings. The van der Waals surface area contributed by atoms with Gasteiger partial charge >= 0.3 is 0 Å². The van der Waals surface area contributed by atoms with E-state index in [1.54, 1.807) is 12.1 Å². The highest BCUT2D eigenvalue weighted by atomic mass is 35.5. The van der Waals surface area contributed by atoms with Gasteiger partial charge in [-0.3, -0.25) is 4.79 Å². The molecule has 1 N–H and O–H groups in total. The molecule has 3 atom stereocenters. The Kier molecular flexibility index (Phi) is 5.13. The van der Waals surface area contributed by atoms with Gasteiger partial charge in [-0.1, -0.05) is 26.0 Å². The molecule has 3 rings (SSSR count). The van der Waals surface area contributed by atoms with Crippen molar-refractivity contribution in [2.24, 2.45) is 11.3 Å². The van der Waals surface area contributed by atoms with Gasteiger partial charge in [-0.15, -0.1) is 12.4 Å². The van der Waals surface area contributed by atoms with Crippen LogP contribution in [0.25, 0.3) is 0 Å². The van der Waals surface area contributed by atoms with Crippen LogP contribution in [-0.4, -0.2) is 30.4 Å². The minimum absolute atomic E-state index is 0. The summed E-state index contributed by atoms with van der Waals surface area (Å²) in [4.78, 5) is 14.8. The van der Waals surface area contributed by atoms with Crippen molar-refractivity contribution >= 4 is 18.3 Å². The van der Waals surface area contributed by atoms with E-state index in [-0.39, 0.29) is 41.5 Å². The summed E-state index contributed by atoms with van der Waals surface area (Å²) in [7, 11) is 0. The number of carbonyl (C=O) groups excluding carboxylic acids is 1. The lowest BCUT2D eigenvalue weighted by atomic mass is 9.99. The predicted octanol–water partition coefficient (Wildman–Crippen LogP) is 3.16. The average Bonchev–Trinajstić information content (AvgIpc) is 3.19.